The second-order valence-corrected chi connectivity index (χ2v) is 6.63. The molecule has 1 aliphatic rings. The number of hydrogen-bond donors (Lipinski definition) is 0. The van der Waals surface area contributed by atoms with Gasteiger partial charge < -0.3 is 13.9 Å². The van der Waals surface area contributed by atoms with Crippen LogP contribution in [0.1, 0.15) is 37.4 Å². The lowest BCUT2D eigenvalue weighted by Crippen LogP contribution is -2.40. The minimum atomic E-state index is -0.625. The van der Waals surface area contributed by atoms with Crippen molar-refractivity contribution in [3.05, 3.63) is 53.5 Å². The highest BCUT2D eigenvalue weighted by Crippen LogP contribution is 2.27. The number of imide groups is 1. The van der Waals surface area contributed by atoms with Crippen LogP contribution in [0, 0.1) is 0 Å². The monoisotopic (exact) mass is 385 g/mol. The Hall–Kier alpha value is -3.09. The first-order valence-corrected chi connectivity index (χ1v) is 9.30. The number of carbonyl (C=O) groups is 3. The fraction of sp³-hybridized carbons (Fsp3) is 0.381. The molecule has 1 aliphatic heterocycles. The van der Waals surface area contributed by atoms with Gasteiger partial charge in [-0.05, 0) is 12.0 Å². The molecule has 2 aromatic rings. The van der Waals surface area contributed by atoms with Crippen LogP contribution in [0.3, 0.4) is 0 Å². The Kier molecular flexibility index (Phi) is 6.13. The van der Waals surface area contributed by atoms with Crippen LogP contribution in [0.2, 0.25) is 0 Å². The molecule has 1 fully saturated rings. The molecule has 1 atom stereocenters. The summed E-state index contributed by atoms with van der Waals surface area (Å²) in [6, 6.07) is 11.0. The molecule has 0 bridgehead atoms. The smallest absolute Gasteiger partial charge is 0.416 e. The summed E-state index contributed by atoms with van der Waals surface area (Å²) in [5, 5.41) is 0. The van der Waals surface area contributed by atoms with Gasteiger partial charge >= 0.3 is 12.1 Å². The molecule has 0 unspecified atom stereocenters. The first-order chi connectivity index (χ1) is 13.5. The van der Waals surface area contributed by atoms with Gasteiger partial charge in [-0.2, -0.15) is 0 Å². The quantitative estimate of drug-likeness (QED) is 0.680. The van der Waals surface area contributed by atoms with Gasteiger partial charge in [-0.15, -0.1) is 0 Å². The van der Waals surface area contributed by atoms with Gasteiger partial charge in [0.1, 0.15) is 18.1 Å². The average molecular weight is 385 g/mol. The molecule has 7 nitrogen and oxygen atoms in total. The predicted octanol–water partition coefficient (Wildman–Crippen LogP) is 3.29. The first-order valence-electron chi connectivity index (χ1n) is 9.30. The van der Waals surface area contributed by atoms with Gasteiger partial charge in [-0.25, -0.2) is 9.69 Å². The number of rotatable bonds is 7. The number of hydrogen-bond acceptors (Lipinski definition) is 6. The van der Waals surface area contributed by atoms with Crippen molar-refractivity contribution in [2.45, 2.75) is 45.6 Å². The van der Waals surface area contributed by atoms with Gasteiger partial charge in [-0.1, -0.05) is 37.3 Å². The molecule has 28 heavy (non-hydrogen) atoms. The van der Waals surface area contributed by atoms with Crippen molar-refractivity contribution in [3.8, 4) is 5.75 Å². The van der Waals surface area contributed by atoms with Crippen molar-refractivity contribution in [2.24, 2.45) is 0 Å². The number of benzene rings is 1. The fourth-order valence-electron chi connectivity index (χ4n) is 3.20. The van der Waals surface area contributed by atoms with Gasteiger partial charge in [0, 0.05) is 32.3 Å². The standard InChI is InChI=1S/C21H23NO6/c1-3-17-12-19(27-14(2)23)18(28-17)9-10-20(24)22-16(13-26-21(22)25)11-15-7-5-4-6-8-15/h4-8,12,16H,3,9-11,13H2,1-2H3/t16-/m0/s1. The van der Waals surface area contributed by atoms with Gasteiger partial charge in [0.2, 0.25) is 5.91 Å². The fourth-order valence-corrected chi connectivity index (χ4v) is 3.20. The molecular formula is C21H23NO6. The summed E-state index contributed by atoms with van der Waals surface area (Å²) in [6.45, 7) is 3.40. The summed E-state index contributed by atoms with van der Waals surface area (Å²) >= 11 is 0. The molecule has 148 valence electrons. The number of ether oxygens (including phenoxy) is 2. The van der Waals surface area contributed by atoms with E-state index in [2.05, 4.69) is 0 Å². The van der Waals surface area contributed by atoms with Gasteiger partial charge in [0.15, 0.2) is 5.75 Å². The van der Waals surface area contributed by atoms with E-state index in [9.17, 15) is 14.4 Å². The van der Waals surface area contributed by atoms with Crippen molar-refractivity contribution in [3.63, 3.8) is 0 Å². The first kappa shape index (κ1) is 19.7. The highest BCUT2D eigenvalue weighted by molar-refractivity contribution is 5.93. The number of carbonyl (C=O) groups excluding carboxylic acids is 3. The van der Waals surface area contributed by atoms with Gasteiger partial charge in [0.05, 0.1) is 6.04 Å². The maximum absolute atomic E-state index is 12.7. The van der Waals surface area contributed by atoms with E-state index in [-0.39, 0.29) is 31.4 Å². The van der Waals surface area contributed by atoms with E-state index in [0.717, 1.165) is 5.56 Å². The Morgan fingerprint density at radius 2 is 2.00 bits per heavy atom. The number of furan rings is 1. The third-order valence-corrected chi connectivity index (χ3v) is 4.53. The van der Waals surface area contributed by atoms with Crippen LogP contribution in [0.15, 0.2) is 40.8 Å². The lowest BCUT2D eigenvalue weighted by atomic mass is 10.1. The minimum Gasteiger partial charge on any atom is -0.462 e. The summed E-state index contributed by atoms with van der Waals surface area (Å²) in [5.41, 5.74) is 1.03. The zero-order chi connectivity index (χ0) is 20.1. The van der Waals surface area contributed by atoms with Crippen LogP contribution < -0.4 is 4.74 Å². The van der Waals surface area contributed by atoms with Gasteiger partial charge in [-0.3, -0.25) is 9.59 Å². The maximum Gasteiger partial charge on any atom is 0.416 e. The molecule has 3 rings (SSSR count). The van der Waals surface area contributed by atoms with Crippen LogP contribution in [-0.4, -0.2) is 35.5 Å². The highest BCUT2D eigenvalue weighted by atomic mass is 16.6. The molecule has 0 radical (unpaired) electrons. The summed E-state index contributed by atoms with van der Waals surface area (Å²) in [5.74, 6) is 0.615. The summed E-state index contributed by atoms with van der Waals surface area (Å²) in [7, 11) is 0. The second-order valence-electron chi connectivity index (χ2n) is 6.63. The lowest BCUT2D eigenvalue weighted by Gasteiger charge is -2.19. The number of nitrogens with zero attached hydrogens (tertiary/aromatic N) is 1. The second kappa shape index (κ2) is 8.73. The normalized spacial score (nSPS) is 16.1. The zero-order valence-corrected chi connectivity index (χ0v) is 16.0. The SMILES string of the molecule is CCc1cc(OC(C)=O)c(CCC(=O)N2C(=O)OC[C@@H]2Cc2ccccc2)o1. The Labute approximate surface area is 163 Å². The maximum atomic E-state index is 12.7. The summed E-state index contributed by atoms with van der Waals surface area (Å²) < 4.78 is 15.9. The zero-order valence-electron chi connectivity index (χ0n) is 16.0. The number of esters is 1. The van der Waals surface area contributed by atoms with Crippen LogP contribution in [0.25, 0.3) is 0 Å². The Morgan fingerprint density at radius 3 is 2.68 bits per heavy atom. The Bertz CT molecular complexity index is 857. The summed E-state index contributed by atoms with van der Waals surface area (Å²) in [4.78, 5) is 37.2. The molecule has 1 aromatic heterocycles. The van der Waals surface area contributed by atoms with Gasteiger partial charge in [0.25, 0.3) is 0 Å². The predicted molar refractivity (Wildman–Crippen MR) is 99.8 cm³/mol. The molecule has 1 aromatic carbocycles. The molecule has 2 heterocycles. The van der Waals surface area contributed by atoms with E-state index in [0.29, 0.717) is 30.1 Å². The number of amides is 2. The number of cyclic esters (lactones) is 1. The third kappa shape index (κ3) is 4.60. The van der Waals surface area contributed by atoms with Crippen LogP contribution in [-0.2, 0) is 33.6 Å². The molecular weight excluding hydrogens is 362 g/mol. The van der Waals surface area contributed by atoms with E-state index in [1.54, 1.807) is 6.07 Å². The van der Waals surface area contributed by atoms with E-state index in [1.807, 2.05) is 37.3 Å². The molecule has 0 saturated carbocycles. The average Bonchev–Trinajstić information content (AvgIpc) is 3.23. The molecule has 1 saturated heterocycles. The van der Waals surface area contributed by atoms with E-state index >= 15 is 0 Å². The van der Waals surface area contributed by atoms with E-state index in [1.165, 1.54) is 11.8 Å². The van der Waals surface area contributed by atoms with Crippen molar-refractivity contribution in [1.29, 1.82) is 0 Å². The van der Waals surface area contributed by atoms with Crippen LogP contribution in [0.5, 0.6) is 5.75 Å². The molecule has 0 spiro atoms. The topological polar surface area (TPSA) is 86.1 Å². The Balaban J connectivity index is 1.67. The molecule has 0 N–H and O–H groups in total. The highest BCUT2D eigenvalue weighted by Gasteiger charge is 2.37. The van der Waals surface area contributed by atoms with Crippen molar-refractivity contribution in [2.75, 3.05) is 6.61 Å². The lowest BCUT2D eigenvalue weighted by molar-refractivity contribution is -0.132. The third-order valence-electron chi connectivity index (χ3n) is 4.53. The van der Waals surface area contributed by atoms with Crippen molar-refractivity contribution < 1.29 is 28.3 Å². The van der Waals surface area contributed by atoms with Crippen molar-refractivity contribution >= 4 is 18.0 Å². The molecule has 7 heteroatoms. The van der Waals surface area contributed by atoms with E-state index < -0.39 is 12.1 Å². The molecule has 0 aliphatic carbocycles. The minimum absolute atomic E-state index is 0.0469. The Morgan fingerprint density at radius 1 is 1.25 bits per heavy atom. The van der Waals surface area contributed by atoms with E-state index in [4.69, 9.17) is 13.9 Å². The largest absolute Gasteiger partial charge is 0.462 e. The summed E-state index contributed by atoms with van der Waals surface area (Å²) in [6.07, 6.45) is 0.825. The van der Waals surface area contributed by atoms with Crippen molar-refractivity contribution in [1.82, 2.24) is 4.90 Å². The number of aryl methyl sites for hydroxylation is 2. The molecule has 2 amide bonds. The van der Waals surface area contributed by atoms with Crippen LogP contribution in [0.4, 0.5) is 4.79 Å². The van der Waals surface area contributed by atoms with Crippen LogP contribution >= 0.6 is 0 Å².